The molecule has 1 N–H and O–H groups in total. The van der Waals surface area contributed by atoms with Gasteiger partial charge in [-0.15, -0.1) is 0 Å². The van der Waals surface area contributed by atoms with Gasteiger partial charge in [-0.25, -0.2) is 0 Å². The van der Waals surface area contributed by atoms with Crippen molar-refractivity contribution in [1.29, 1.82) is 0 Å². The standard InChI is InChI=1S/C16H24BrNO/c17-13-2-1-3-14(13)18-15(19)16-7-10-4-11(8-16)6-12(5-10)9-16/h10-14H,1-9H2,(H,18,19). The molecule has 0 heterocycles. The number of alkyl halides is 1. The van der Waals surface area contributed by atoms with E-state index in [0.29, 0.717) is 16.8 Å². The molecule has 1 amide bonds. The minimum absolute atomic E-state index is 0.0318. The molecule has 5 aliphatic carbocycles. The van der Waals surface area contributed by atoms with E-state index in [4.69, 9.17) is 0 Å². The molecule has 2 nitrogen and oxygen atoms in total. The second-order valence-electron chi connectivity index (χ2n) is 7.72. The van der Waals surface area contributed by atoms with Crippen LogP contribution in [0.3, 0.4) is 0 Å². The SMILES string of the molecule is O=C(NC1CCCC1Br)C12CC3CC(CC(C3)C1)C2. The summed E-state index contributed by atoms with van der Waals surface area (Å²) in [7, 11) is 0. The molecule has 0 spiro atoms. The average molecular weight is 326 g/mol. The lowest BCUT2D eigenvalue weighted by Crippen LogP contribution is -2.55. The number of halogens is 1. The smallest absolute Gasteiger partial charge is 0.226 e. The van der Waals surface area contributed by atoms with Crippen LogP contribution in [0.5, 0.6) is 0 Å². The Morgan fingerprint density at radius 3 is 2.05 bits per heavy atom. The van der Waals surface area contributed by atoms with Crippen molar-refractivity contribution in [3.63, 3.8) is 0 Å². The monoisotopic (exact) mass is 325 g/mol. The maximum absolute atomic E-state index is 12.9. The molecule has 5 aliphatic rings. The molecule has 0 radical (unpaired) electrons. The van der Waals surface area contributed by atoms with E-state index in [9.17, 15) is 4.79 Å². The lowest BCUT2D eigenvalue weighted by atomic mass is 9.49. The van der Waals surface area contributed by atoms with Gasteiger partial charge in [-0.05, 0) is 69.1 Å². The van der Waals surface area contributed by atoms with Gasteiger partial charge in [0.1, 0.15) is 0 Å². The number of carbonyl (C=O) groups is 1. The number of amides is 1. The van der Waals surface area contributed by atoms with Crippen LogP contribution in [0.4, 0.5) is 0 Å². The van der Waals surface area contributed by atoms with Gasteiger partial charge in [-0.2, -0.15) is 0 Å². The minimum atomic E-state index is 0.0318. The first-order valence-electron chi connectivity index (χ1n) is 8.10. The number of rotatable bonds is 2. The van der Waals surface area contributed by atoms with Crippen LogP contribution in [0, 0.1) is 23.2 Å². The van der Waals surface area contributed by atoms with E-state index < -0.39 is 0 Å². The Labute approximate surface area is 124 Å². The van der Waals surface area contributed by atoms with E-state index in [2.05, 4.69) is 21.2 Å². The average Bonchev–Trinajstić information content (AvgIpc) is 2.73. The van der Waals surface area contributed by atoms with Gasteiger partial charge in [0.2, 0.25) is 5.91 Å². The number of hydrogen-bond acceptors (Lipinski definition) is 1. The fourth-order valence-electron chi connectivity index (χ4n) is 5.79. The fourth-order valence-corrected chi connectivity index (χ4v) is 6.51. The lowest BCUT2D eigenvalue weighted by molar-refractivity contribution is -0.146. The first-order chi connectivity index (χ1) is 9.14. The van der Waals surface area contributed by atoms with Gasteiger partial charge in [0, 0.05) is 16.3 Å². The highest BCUT2D eigenvalue weighted by Gasteiger charge is 2.54. The third kappa shape index (κ3) is 2.07. The molecule has 0 aromatic heterocycles. The van der Waals surface area contributed by atoms with Gasteiger partial charge in [0.25, 0.3) is 0 Å². The highest BCUT2D eigenvalue weighted by molar-refractivity contribution is 9.09. The van der Waals surface area contributed by atoms with Crippen molar-refractivity contribution < 1.29 is 4.79 Å². The molecule has 5 saturated carbocycles. The van der Waals surface area contributed by atoms with Gasteiger partial charge in [0.15, 0.2) is 0 Å². The summed E-state index contributed by atoms with van der Waals surface area (Å²) >= 11 is 3.73. The molecule has 106 valence electrons. The largest absolute Gasteiger partial charge is 0.352 e. The molecule has 2 atom stereocenters. The Kier molecular flexibility index (Phi) is 2.98. The summed E-state index contributed by atoms with van der Waals surface area (Å²) in [5, 5.41) is 3.40. The quantitative estimate of drug-likeness (QED) is 0.772. The van der Waals surface area contributed by atoms with Crippen LogP contribution in [0.1, 0.15) is 57.8 Å². The second kappa shape index (κ2) is 4.47. The highest BCUT2D eigenvalue weighted by atomic mass is 79.9. The van der Waals surface area contributed by atoms with Crippen molar-refractivity contribution in [2.24, 2.45) is 23.2 Å². The van der Waals surface area contributed by atoms with Crippen molar-refractivity contribution in [3.05, 3.63) is 0 Å². The molecule has 5 rings (SSSR count). The molecule has 0 aromatic rings. The van der Waals surface area contributed by atoms with Gasteiger partial charge in [-0.3, -0.25) is 4.79 Å². The summed E-state index contributed by atoms with van der Waals surface area (Å²) in [4.78, 5) is 13.4. The Hall–Kier alpha value is -0.0500. The Bertz CT molecular complexity index is 359. The topological polar surface area (TPSA) is 29.1 Å². The Morgan fingerprint density at radius 2 is 1.58 bits per heavy atom. The molecular formula is C16H24BrNO. The summed E-state index contributed by atoms with van der Waals surface area (Å²) in [6.07, 6.45) is 11.4. The van der Waals surface area contributed by atoms with Crippen LogP contribution >= 0.6 is 15.9 Å². The summed E-state index contributed by atoms with van der Waals surface area (Å²) in [6, 6.07) is 0.389. The Balaban J connectivity index is 1.50. The summed E-state index contributed by atoms with van der Waals surface area (Å²) in [5.74, 6) is 2.99. The number of carbonyl (C=O) groups excluding carboxylic acids is 1. The maximum atomic E-state index is 12.9. The van der Waals surface area contributed by atoms with Crippen molar-refractivity contribution in [3.8, 4) is 0 Å². The summed E-state index contributed by atoms with van der Waals surface area (Å²) < 4.78 is 0. The predicted octanol–water partition coefficient (Wildman–Crippen LogP) is 3.64. The Morgan fingerprint density at radius 1 is 1.00 bits per heavy atom. The predicted molar refractivity (Wildman–Crippen MR) is 79.1 cm³/mol. The van der Waals surface area contributed by atoms with Crippen LogP contribution < -0.4 is 5.32 Å². The van der Waals surface area contributed by atoms with Crippen LogP contribution in [-0.2, 0) is 4.79 Å². The minimum Gasteiger partial charge on any atom is -0.352 e. The van der Waals surface area contributed by atoms with Gasteiger partial charge < -0.3 is 5.32 Å². The van der Waals surface area contributed by atoms with Crippen molar-refractivity contribution in [2.45, 2.75) is 68.7 Å². The second-order valence-corrected chi connectivity index (χ2v) is 8.90. The third-order valence-corrected chi connectivity index (χ3v) is 7.36. The van der Waals surface area contributed by atoms with Crippen LogP contribution in [0.15, 0.2) is 0 Å². The number of nitrogens with one attached hydrogen (secondary N) is 1. The van der Waals surface area contributed by atoms with Crippen LogP contribution in [-0.4, -0.2) is 16.8 Å². The fraction of sp³-hybridized carbons (Fsp3) is 0.938. The number of hydrogen-bond donors (Lipinski definition) is 1. The zero-order valence-corrected chi connectivity index (χ0v) is 13.1. The van der Waals surface area contributed by atoms with Crippen molar-refractivity contribution in [2.75, 3.05) is 0 Å². The van der Waals surface area contributed by atoms with E-state index in [1.807, 2.05) is 0 Å². The van der Waals surface area contributed by atoms with E-state index >= 15 is 0 Å². The molecule has 3 heteroatoms. The molecule has 2 unspecified atom stereocenters. The zero-order valence-electron chi connectivity index (χ0n) is 11.5. The van der Waals surface area contributed by atoms with E-state index in [1.165, 1.54) is 51.4 Å². The van der Waals surface area contributed by atoms with Crippen LogP contribution in [0.2, 0.25) is 0 Å². The molecular weight excluding hydrogens is 302 g/mol. The molecule has 0 aliphatic heterocycles. The third-order valence-electron chi connectivity index (χ3n) is 6.27. The first-order valence-corrected chi connectivity index (χ1v) is 9.01. The van der Waals surface area contributed by atoms with Gasteiger partial charge in [-0.1, -0.05) is 22.4 Å². The molecule has 5 fully saturated rings. The van der Waals surface area contributed by atoms with Crippen molar-refractivity contribution >= 4 is 21.8 Å². The van der Waals surface area contributed by atoms with Gasteiger partial charge in [0.05, 0.1) is 0 Å². The van der Waals surface area contributed by atoms with E-state index in [0.717, 1.165) is 24.2 Å². The lowest BCUT2D eigenvalue weighted by Gasteiger charge is -2.55. The van der Waals surface area contributed by atoms with Crippen molar-refractivity contribution in [1.82, 2.24) is 5.32 Å². The summed E-state index contributed by atoms with van der Waals surface area (Å²) in [6.45, 7) is 0. The highest BCUT2D eigenvalue weighted by Crippen LogP contribution is 2.60. The zero-order chi connectivity index (χ0) is 13.0. The first kappa shape index (κ1) is 12.7. The van der Waals surface area contributed by atoms with Gasteiger partial charge >= 0.3 is 0 Å². The van der Waals surface area contributed by atoms with E-state index in [-0.39, 0.29) is 5.41 Å². The molecule has 0 saturated heterocycles. The maximum Gasteiger partial charge on any atom is 0.226 e. The summed E-state index contributed by atoms with van der Waals surface area (Å²) in [5.41, 5.74) is 0.0318. The van der Waals surface area contributed by atoms with Crippen LogP contribution in [0.25, 0.3) is 0 Å². The molecule has 0 aromatic carbocycles. The molecule has 19 heavy (non-hydrogen) atoms. The normalized spacial score (nSPS) is 51.5. The van der Waals surface area contributed by atoms with E-state index in [1.54, 1.807) is 0 Å². The molecule has 4 bridgehead atoms.